The Labute approximate surface area is 117 Å². The smallest absolute Gasteiger partial charge is 0.164 e. The average molecular weight is 271 g/mol. The zero-order valence-corrected chi connectivity index (χ0v) is 11.4. The highest BCUT2D eigenvalue weighted by molar-refractivity contribution is 5.43. The molecule has 1 aliphatic heterocycles. The second-order valence-corrected chi connectivity index (χ2v) is 4.72. The average Bonchev–Trinajstić information content (AvgIpc) is 2.49. The van der Waals surface area contributed by atoms with E-state index in [0.717, 1.165) is 23.2 Å². The van der Waals surface area contributed by atoms with Gasteiger partial charge in [0.05, 0.1) is 18.9 Å². The van der Waals surface area contributed by atoms with E-state index in [-0.39, 0.29) is 6.10 Å². The van der Waals surface area contributed by atoms with Crippen molar-refractivity contribution in [3.63, 3.8) is 0 Å². The highest BCUT2D eigenvalue weighted by atomic mass is 16.5. The van der Waals surface area contributed by atoms with Gasteiger partial charge in [-0.05, 0) is 5.56 Å². The number of nitrogens with zero attached hydrogens (tertiary/aromatic N) is 2. The van der Waals surface area contributed by atoms with Gasteiger partial charge in [-0.2, -0.15) is 0 Å². The summed E-state index contributed by atoms with van der Waals surface area (Å²) in [6.07, 6.45) is 0.465. The minimum atomic E-state index is -0.299. The zero-order valence-electron chi connectivity index (χ0n) is 11.4. The van der Waals surface area contributed by atoms with Gasteiger partial charge in [-0.3, -0.25) is 0 Å². The van der Waals surface area contributed by atoms with E-state index in [4.69, 9.17) is 15.2 Å². The van der Waals surface area contributed by atoms with E-state index >= 15 is 0 Å². The van der Waals surface area contributed by atoms with Crippen LogP contribution in [0.3, 0.4) is 0 Å². The number of nitrogens with two attached hydrogens (primary N) is 1. The van der Waals surface area contributed by atoms with E-state index in [0.29, 0.717) is 24.9 Å². The summed E-state index contributed by atoms with van der Waals surface area (Å²) in [6, 6.07) is 9.90. The van der Waals surface area contributed by atoms with Gasteiger partial charge in [-0.15, -0.1) is 0 Å². The van der Waals surface area contributed by atoms with E-state index in [1.807, 2.05) is 30.3 Å². The molecule has 5 nitrogen and oxygen atoms in total. The fourth-order valence-corrected chi connectivity index (χ4v) is 2.41. The van der Waals surface area contributed by atoms with E-state index in [1.54, 1.807) is 7.11 Å². The molecule has 2 heterocycles. The quantitative estimate of drug-likeness (QED) is 0.922. The molecule has 1 aliphatic rings. The highest BCUT2D eigenvalue weighted by Gasteiger charge is 2.22. The summed E-state index contributed by atoms with van der Waals surface area (Å²) >= 11 is 0. The van der Waals surface area contributed by atoms with Crippen molar-refractivity contribution < 1.29 is 9.47 Å². The van der Waals surface area contributed by atoms with Crippen LogP contribution in [0.4, 0.5) is 5.82 Å². The van der Waals surface area contributed by atoms with Gasteiger partial charge in [0.15, 0.2) is 5.82 Å². The maximum absolute atomic E-state index is 6.03. The van der Waals surface area contributed by atoms with Gasteiger partial charge in [-0.1, -0.05) is 30.3 Å². The molecule has 1 unspecified atom stereocenters. The second kappa shape index (κ2) is 5.56. The number of hydrogen-bond acceptors (Lipinski definition) is 5. The molecule has 3 rings (SSSR count). The molecule has 1 aromatic heterocycles. The Balaban J connectivity index is 2.02. The third-order valence-corrected chi connectivity index (χ3v) is 3.44. The van der Waals surface area contributed by atoms with Crippen molar-refractivity contribution in [1.82, 2.24) is 9.97 Å². The lowest BCUT2D eigenvalue weighted by Crippen LogP contribution is -2.19. The third kappa shape index (κ3) is 2.37. The fraction of sp³-hybridized carbons (Fsp3) is 0.333. The summed E-state index contributed by atoms with van der Waals surface area (Å²) in [5.74, 6) is 1.10. The van der Waals surface area contributed by atoms with Crippen LogP contribution in [0.15, 0.2) is 30.3 Å². The first-order chi connectivity index (χ1) is 9.79. The molecular weight excluding hydrogens is 254 g/mol. The van der Waals surface area contributed by atoms with E-state index in [2.05, 4.69) is 9.97 Å². The number of ether oxygens (including phenoxy) is 2. The number of aromatic nitrogens is 2. The summed E-state index contributed by atoms with van der Waals surface area (Å²) < 4.78 is 11.0. The van der Waals surface area contributed by atoms with Crippen molar-refractivity contribution in [2.75, 3.05) is 19.5 Å². The van der Waals surface area contributed by atoms with Gasteiger partial charge in [0.2, 0.25) is 0 Å². The number of fused-ring (bicyclic) bond motifs is 1. The lowest BCUT2D eigenvalue weighted by Gasteiger charge is -2.20. The van der Waals surface area contributed by atoms with Crippen molar-refractivity contribution in [3.05, 3.63) is 53.0 Å². The van der Waals surface area contributed by atoms with Gasteiger partial charge < -0.3 is 15.2 Å². The molecule has 104 valence electrons. The second-order valence-electron chi connectivity index (χ2n) is 4.72. The number of anilines is 1. The predicted molar refractivity (Wildman–Crippen MR) is 75.1 cm³/mol. The minimum Gasteiger partial charge on any atom is -0.383 e. The Morgan fingerprint density at radius 3 is 2.80 bits per heavy atom. The Bertz CT molecular complexity index is 602. The van der Waals surface area contributed by atoms with E-state index in [9.17, 15) is 0 Å². The van der Waals surface area contributed by atoms with Crippen LogP contribution in [0, 0.1) is 0 Å². The largest absolute Gasteiger partial charge is 0.383 e. The van der Waals surface area contributed by atoms with Crippen molar-refractivity contribution in [2.24, 2.45) is 0 Å². The van der Waals surface area contributed by atoms with Crippen molar-refractivity contribution in [1.29, 1.82) is 0 Å². The maximum atomic E-state index is 6.03. The minimum absolute atomic E-state index is 0.299. The molecule has 0 aliphatic carbocycles. The molecule has 0 fully saturated rings. The normalized spacial score (nSPS) is 15.7. The molecule has 2 aromatic rings. The van der Waals surface area contributed by atoms with E-state index in [1.165, 1.54) is 0 Å². The Kier molecular flexibility index (Phi) is 3.62. The molecule has 2 N–H and O–H groups in total. The molecule has 5 heteroatoms. The maximum Gasteiger partial charge on any atom is 0.164 e. The predicted octanol–water partition coefficient (Wildman–Crippen LogP) is 1.87. The first-order valence-electron chi connectivity index (χ1n) is 6.60. The molecule has 20 heavy (non-hydrogen) atoms. The highest BCUT2D eigenvalue weighted by Crippen LogP contribution is 2.26. The molecule has 0 saturated heterocycles. The summed E-state index contributed by atoms with van der Waals surface area (Å²) in [4.78, 5) is 9.02. The number of rotatable bonds is 3. The topological polar surface area (TPSA) is 70.3 Å². The van der Waals surface area contributed by atoms with Crippen LogP contribution >= 0.6 is 0 Å². The van der Waals surface area contributed by atoms with Crippen LogP contribution < -0.4 is 5.73 Å². The van der Waals surface area contributed by atoms with Crippen molar-refractivity contribution in [3.8, 4) is 0 Å². The lowest BCUT2D eigenvalue weighted by molar-refractivity contribution is 0.106. The molecule has 0 bridgehead atoms. The fourth-order valence-electron chi connectivity index (χ4n) is 2.41. The van der Waals surface area contributed by atoms with Crippen LogP contribution in [-0.4, -0.2) is 23.7 Å². The SMILES string of the molecule is COC(c1ccccc1)c1nc(N)c2c(n1)CCOC2. The monoisotopic (exact) mass is 271 g/mol. The first-order valence-corrected chi connectivity index (χ1v) is 6.60. The van der Waals surface area contributed by atoms with Gasteiger partial charge >= 0.3 is 0 Å². The number of methoxy groups -OCH3 is 1. The number of benzene rings is 1. The van der Waals surface area contributed by atoms with Crippen LogP contribution in [-0.2, 0) is 22.5 Å². The van der Waals surface area contributed by atoms with Crippen LogP contribution in [0.1, 0.15) is 28.7 Å². The van der Waals surface area contributed by atoms with Crippen molar-refractivity contribution >= 4 is 5.82 Å². The van der Waals surface area contributed by atoms with Crippen LogP contribution in [0.2, 0.25) is 0 Å². The van der Waals surface area contributed by atoms with Gasteiger partial charge in [0.1, 0.15) is 11.9 Å². The summed E-state index contributed by atoms with van der Waals surface area (Å²) in [6.45, 7) is 1.16. The third-order valence-electron chi connectivity index (χ3n) is 3.44. The van der Waals surface area contributed by atoms with Crippen LogP contribution in [0.5, 0.6) is 0 Å². The number of nitrogen functional groups attached to an aromatic ring is 1. The molecule has 1 aromatic carbocycles. The lowest BCUT2D eigenvalue weighted by atomic mass is 10.1. The molecular formula is C15H17N3O2. The van der Waals surface area contributed by atoms with Gasteiger partial charge in [0, 0.05) is 19.1 Å². The van der Waals surface area contributed by atoms with Gasteiger partial charge in [0.25, 0.3) is 0 Å². The van der Waals surface area contributed by atoms with Crippen LogP contribution in [0.25, 0.3) is 0 Å². The molecule has 1 atom stereocenters. The standard InChI is InChI=1S/C15H17N3O2/c1-19-13(10-5-3-2-4-6-10)15-17-12-7-8-20-9-11(12)14(16)18-15/h2-6,13H,7-9H2,1H3,(H2,16,17,18). The molecule has 0 amide bonds. The zero-order chi connectivity index (χ0) is 13.9. The van der Waals surface area contributed by atoms with E-state index < -0.39 is 0 Å². The summed E-state index contributed by atoms with van der Waals surface area (Å²) in [5.41, 5.74) is 8.92. The molecule has 0 radical (unpaired) electrons. The first kappa shape index (κ1) is 13.0. The Morgan fingerprint density at radius 1 is 1.25 bits per heavy atom. The molecule has 0 spiro atoms. The van der Waals surface area contributed by atoms with Gasteiger partial charge in [-0.25, -0.2) is 9.97 Å². The summed E-state index contributed by atoms with van der Waals surface area (Å²) in [7, 11) is 1.65. The summed E-state index contributed by atoms with van der Waals surface area (Å²) in [5, 5.41) is 0. The Hall–Kier alpha value is -1.98. The Morgan fingerprint density at radius 2 is 2.05 bits per heavy atom. The van der Waals surface area contributed by atoms with Crippen molar-refractivity contribution in [2.45, 2.75) is 19.1 Å². The molecule has 0 saturated carbocycles. The number of hydrogen-bond donors (Lipinski definition) is 1.